The molecule has 0 amide bonds. The van der Waals surface area contributed by atoms with Crippen molar-refractivity contribution in [3.8, 4) is 0 Å². The van der Waals surface area contributed by atoms with Crippen LogP contribution in [0.1, 0.15) is 13.3 Å². The Morgan fingerprint density at radius 3 is 3.18 bits per heavy atom. The summed E-state index contributed by atoms with van der Waals surface area (Å²) in [6, 6.07) is 1.49. The van der Waals surface area contributed by atoms with E-state index in [9.17, 15) is 0 Å². The van der Waals surface area contributed by atoms with Gasteiger partial charge < -0.3 is 10.6 Å². The molecule has 0 aromatic carbocycles. The summed E-state index contributed by atoms with van der Waals surface area (Å²) in [4.78, 5) is 0. The van der Waals surface area contributed by atoms with Crippen LogP contribution in [0.3, 0.4) is 0 Å². The van der Waals surface area contributed by atoms with E-state index in [2.05, 4.69) is 29.3 Å². The van der Waals surface area contributed by atoms with E-state index in [1.54, 1.807) is 0 Å². The van der Waals surface area contributed by atoms with Crippen LogP contribution in [0.4, 0.5) is 0 Å². The van der Waals surface area contributed by atoms with E-state index in [0.717, 1.165) is 11.3 Å². The van der Waals surface area contributed by atoms with Crippen LogP contribution < -0.4 is 10.6 Å². The van der Waals surface area contributed by atoms with Gasteiger partial charge in [0, 0.05) is 36.2 Å². The molecule has 2 rings (SSSR count). The molecule has 2 fully saturated rings. The molecule has 2 heterocycles. The molecule has 3 heteroatoms. The van der Waals surface area contributed by atoms with Gasteiger partial charge in [0.2, 0.25) is 0 Å². The summed E-state index contributed by atoms with van der Waals surface area (Å²) < 4.78 is 0. The Labute approximate surface area is 72.5 Å². The molecule has 11 heavy (non-hydrogen) atoms. The lowest BCUT2D eigenvalue weighted by molar-refractivity contribution is 0.339. The number of hydrogen-bond donors (Lipinski definition) is 2. The number of piperidine rings is 1. The van der Waals surface area contributed by atoms with E-state index in [-0.39, 0.29) is 0 Å². The summed E-state index contributed by atoms with van der Waals surface area (Å²) >= 11 is 2.12. The lowest BCUT2D eigenvalue weighted by atomic mass is 10.00. The quantitative estimate of drug-likeness (QED) is 0.554. The fourth-order valence-electron chi connectivity index (χ4n) is 1.92. The van der Waals surface area contributed by atoms with Gasteiger partial charge in [0.25, 0.3) is 0 Å². The highest BCUT2D eigenvalue weighted by Gasteiger charge is 2.30. The highest BCUT2D eigenvalue weighted by Crippen LogP contribution is 2.24. The lowest BCUT2D eigenvalue weighted by Gasteiger charge is -2.39. The second-order valence-corrected chi connectivity index (χ2v) is 4.86. The minimum Gasteiger partial charge on any atom is -0.313 e. The number of rotatable bonds is 0. The molecule has 2 nitrogen and oxygen atoms in total. The molecule has 2 saturated heterocycles. The average molecular weight is 172 g/mol. The van der Waals surface area contributed by atoms with Crippen molar-refractivity contribution >= 4 is 11.8 Å². The maximum absolute atomic E-state index is 3.59. The number of hydrogen-bond acceptors (Lipinski definition) is 3. The van der Waals surface area contributed by atoms with Gasteiger partial charge in [-0.2, -0.15) is 11.8 Å². The van der Waals surface area contributed by atoms with E-state index in [0.29, 0.717) is 6.04 Å². The van der Waals surface area contributed by atoms with Gasteiger partial charge in [-0.1, -0.05) is 0 Å². The molecule has 64 valence electrons. The molecule has 0 spiro atoms. The lowest BCUT2D eigenvalue weighted by Crippen LogP contribution is -2.55. The Bertz CT molecular complexity index is 140. The van der Waals surface area contributed by atoms with E-state index < -0.39 is 0 Å². The van der Waals surface area contributed by atoms with Crippen molar-refractivity contribution in [1.29, 1.82) is 0 Å². The third-order valence-corrected chi connectivity index (χ3v) is 3.93. The minimum absolute atomic E-state index is 0.711. The predicted octanol–water partition coefficient (Wildman–Crippen LogP) is 0.442. The summed E-state index contributed by atoms with van der Waals surface area (Å²) in [6.07, 6.45) is 1.30. The van der Waals surface area contributed by atoms with Gasteiger partial charge in [-0.05, 0) is 13.3 Å². The molecule has 2 N–H and O–H groups in total. The average Bonchev–Trinajstić information content (AvgIpc) is 2.04. The standard InChI is InChI=1S/C8H16N2S/c1-6-4-7-8(5-10-6)11-3-2-9-7/h6-10H,2-5H2,1H3. The van der Waals surface area contributed by atoms with Crippen LogP contribution in [-0.2, 0) is 0 Å². The molecule has 0 saturated carbocycles. The zero-order valence-corrected chi connectivity index (χ0v) is 7.79. The molecule has 0 aromatic heterocycles. The smallest absolute Gasteiger partial charge is 0.0327 e. The van der Waals surface area contributed by atoms with E-state index >= 15 is 0 Å². The molecule has 0 bridgehead atoms. The molecule has 2 aliphatic heterocycles. The van der Waals surface area contributed by atoms with Crippen molar-refractivity contribution in [3.05, 3.63) is 0 Å². The first-order valence-electron chi connectivity index (χ1n) is 4.44. The van der Waals surface area contributed by atoms with Crippen molar-refractivity contribution in [2.75, 3.05) is 18.8 Å². The fraction of sp³-hybridized carbons (Fsp3) is 1.00. The summed E-state index contributed by atoms with van der Waals surface area (Å²) in [6.45, 7) is 4.68. The Balaban J connectivity index is 1.93. The molecule has 0 aromatic rings. The Kier molecular flexibility index (Phi) is 2.39. The van der Waals surface area contributed by atoms with Crippen LogP contribution in [0.25, 0.3) is 0 Å². The van der Waals surface area contributed by atoms with Crippen molar-refractivity contribution in [2.24, 2.45) is 0 Å². The van der Waals surface area contributed by atoms with Crippen molar-refractivity contribution < 1.29 is 0 Å². The molecule has 0 radical (unpaired) electrons. The summed E-state index contributed by atoms with van der Waals surface area (Å²) in [5.74, 6) is 1.29. The second kappa shape index (κ2) is 3.33. The zero-order valence-electron chi connectivity index (χ0n) is 6.97. The monoisotopic (exact) mass is 172 g/mol. The normalized spacial score (nSPS) is 45.0. The van der Waals surface area contributed by atoms with Crippen LogP contribution in [0.5, 0.6) is 0 Å². The maximum Gasteiger partial charge on any atom is 0.0327 e. The fourth-order valence-corrected chi connectivity index (χ4v) is 3.11. The largest absolute Gasteiger partial charge is 0.313 e. The van der Waals surface area contributed by atoms with Gasteiger partial charge in [-0.25, -0.2) is 0 Å². The highest BCUT2D eigenvalue weighted by molar-refractivity contribution is 8.00. The topological polar surface area (TPSA) is 24.1 Å². The summed E-state index contributed by atoms with van der Waals surface area (Å²) in [5, 5.41) is 7.94. The molecular formula is C8H16N2S. The Morgan fingerprint density at radius 2 is 2.27 bits per heavy atom. The number of nitrogens with one attached hydrogen (secondary N) is 2. The SMILES string of the molecule is CC1CC2NCCSC2CN1. The number of thioether (sulfide) groups is 1. The highest BCUT2D eigenvalue weighted by atomic mass is 32.2. The van der Waals surface area contributed by atoms with Gasteiger partial charge in [-0.3, -0.25) is 0 Å². The Hall–Kier alpha value is 0.270. The minimum atomic E-state index is 0.711. The molecule has 3 atom stereocenters. The molecule has 3 unspecified atom stereocenters. The van der Waals surface area contributed by atoms with Crippen molar-refractivity contribution in [3.63, 3.8) is 0 Å². The van der Waals surface area contributed by atoms with Gasteiger partial charge in [0.1, 0.15) is 0 Å². The third-order valence-electron chi connectivity index (χ3n) is 2.56. The maximum atomic E-state index is 3.59. The molecular weight excluding hydrogens is 156 g/mol. The first-order chi connectivity index (χ1) is 5.36. The molecule has 0 aliphatic carbocycles. The van der Waals surface area contributed by atoms with Gasteiger partial charge >= 0.3 is 0 Å². The van der Waals surface area contributed by atoms with Gasteiger partial charge in [0.15, 0.2) is 0 Å². The zero-order chi connectivity index (χ0) is 7.68. The van der Waals surface area contributed by atoms with E-state index in [1.807, 2.05) is 0 Å². The summed E-state index contributed by atoms with van der Waals surface area (Å²) in [7, 11) is 0. The van der Waals surface area contributed by atoms with Crippen molar-refractivity contribution in [2.45, 2.75) is 30.7 Å². The molecule has 2 aliphatic rings. The van der Waals surface area contributed by atoms with Gasteiger partial charge in [-0.15, -0.1) is 0 Å². The van der Waals surface area contributed by atoms with Crippen LogP contribution in [0.15, 0.2) is 0 Å². The Morgan fingerprint density at radius 1 is 1.36 bits per heavy atom. The first-order valence-corrected chi connectivity index (χ1v) is 5.49. The van der Waals surface area contributed by atoms with E-state index in [1.165, 1.54) is 25.3 Å². The van der Waals surface area contributed by atoms with Crippen LogP contribution >= 0.6 is 11.8 Å². The predicted molar refractivity (Wildman–Crippen MR) is 50.1 cm³/mol. The first kappa shape index (κ1) is 7.90. The second-order valence-electron chi connectivity index (χ2n) is 3.51. The van der Waals surface area contributed by atoms with Crippen LogP contribution in [-0.4, -0.2) is 36.2 Å². The van der Waals surface area contributed by atoms with Crippen LogP contribution in [0.2, 0.25) is 0 Å². The van der Waals surface area contributed by atoms with Crippen LogP contribution in [0, 0.1) is 0 Å². The third kappa shape index (κ3) is 1.71. The summed E-state index contributed by atoms with van der Waals surface area (Å²) in [5.41, 5.74) is 0. The van der Waals surface area contributed by atoms with Gasteiger partial charge in [0.05, 0.1) is 0 Å². The number of fused-ring (bicyclic) bond motifs is 1. The van der Waals surface area contributed by atoms with Crippen molar-refractivity contribution in [1.82, 2.24) is 10.6 Å². The van der Waals surface area contributed by atoms with E-state index in [4.69, 9.17) is 0 Å².